The molecule has 0 aromatic carbocycles. The second-order valence-electron chi connectivity index (χ2n) is 4.37. The first-order chi connectivity index (χ1) is 7.70. The molecule has 4 nitrogen and oxygen atoms in total. The number of pyridine rings is 1. The second-order valence-corrected chi connectivity index (χ2v) is 4.37. The van der Waals surface area contributed by atoms with Crippen LogP contribution in [-0.4, -0.2) is 30.3 Å². The molecule has 1 saturated heterocycles. The van der Waals surface area contributed by atoms with E-state index in [2.05, 4.69) is 23.7 Å². The van der Waals surface area contributed by atoms with E-state index in [0.29, 0.717) is 6.54 Å². The minimum atomic E-state index is 0.266. The third kappa shape index (κ3) is 2.33. The van der Waals surface area contributed by atoms with E-state index in [1.807, 2.05) is 18.5 Å². The van der Waals surface area contributed by atoms with Gasteiger partial charge >= 0.3 is 0 Å². The highest BCUT2D eigenvalue weighted by Crippen LogP contribution is 2.23. The van der Waals surface area contributed by atoms with E-state index in [0.717, 1.165) is 18.7 Å². The zero-order valence-corrected chi connectivity index (χ0v) is 9.89. The first-order valence-electron chi connectivity index (χ1n) is 5.74. The molecule has 88 valence electrons. The maximum absolute atomic E-state index is 5.73. The van der Waals surface area contributed by atoms with E-state index in [1.165, 1.54) is 5.69 Å². The van der Waals surface area contributed by atoms with Crippen LogP contribution < -0.4 is 10.6 Å². The van der Waals surface area contributed by atoms with Crippen molar-refractivity contribution in [2.45, 2.75) is 32.6 Å². The number of nitrogens with two attached hydrogens (primary N) is 1. The summed E-state index contributed by atoms with van der Waals surface area (Å²) in [6.07, 6.45) is 4.20. The smallest absolute Gasteiger partial charge is 0.0726 e. The van der Waals surface area contributed by atoms with Gasteiger partial charge < -0.3 is 15.4 Å². The number of hydrogen-bond donors (Lipinski definition) is 1. The summed E-state index contributed by atoms with van der Waals surface area (Å²) in [5.74, 6) is 0. The van der Waals surface area contributed by atoms with Gasteiger partial charge in [-0.2, -0.15) is 0 Å². The normalized spacial score (nSPS) is 25.8. The van der Waals surface area contributed by atoms with E-state index in [1.54, 1.807) is 0 Å². The van der Waals surface area contributed by atoms with Gasteiger partial charge in [-0.1, -0.05) is 0 Å². The van der Waals surface area contributed by atoms with Crippen LogP contribution in [0.2, 0.25) is 0 Å². The molecular formula is C12H19N3O. The third-order valence-electron chi connectivity index (χ3n) is 2.86. The molecule has 0 amide bonds. The van der Waals surface area contributed by atoms with Crippen molar-refractivity contribution in [3.63, 3.8) is 0 Å². The van der Waals surface area contributed by atoms with E-state index in [9.17, 15) is 0 Å². The zero-order chi connectivity index (χ0) is 11.5. The molecule has 2 atom stereocenters. The molecule has 1 aliphatic heterocycles. The second kappa shape index (κ2) is 4.80. The van der Waals surface area contributed by atoms with Gasteiger partial charge in [0.05, 0.1) is 12.2 Å². The Morgan fingerprint density at radius 3 is 2.75 bits per heavy atom. The monoisotopic (exact) mass is 221 g/mol. The van der Waals surface area contributed by atoms with Crippen LogP contribution in [0.15, 0.2) is 18.5 Å². The van der Waals surface area contributed by atoms with Crippen molar-refractivity contribution in [2.24, 2.45) is 5.73 Å². The lowest BCUT2D eigenvalue weighted by Crippen LogP contribution is -2.45. The molecule has 2 N–H and O–H groups in total. The van der Waals surface area contributed by atoms with Crippen molar-refractivity contribution in [1.82, 2.24) is 4.98 Å². The van der Waals surface area contributed by atoms with Gasteiger partial charge in [0.2, 0.25) is 0 Å². The van der Waals surface area contributed by atoms with Crippen molar-refractivity contribution >= 4 is 5.69 Å². The summed E-state index contributed by atoms with van der Waals surface area (Å²) in [6.45, 7) is 6.57. The molecule has 2 rings (SSSR count). The van der Waals surface area contributed by atoms with E-state index in [4.69, 9.17) is 10.5 Å². The predicted octanol–water partition coefficient (Wildman–Crippen LogP) is 1.15. The molecule has 0 radical (unpaired) electrons. The SMILES string of the molecule is C[C@@H]1CN(c2ccncc2CN)C[C@H](C)O1. The van der Waals surface area contributed by atoms with E-state index < -0.39 is 0 Å². The molecule has 1 aromatic rings. The molecule has 1 aliphatic rings. The molecule has 1 aromatic heterocycles. The van der Waals surface area contributed by atoms with Crippen LogP contribution in [0.1, 0.15) is 19.4 Å². The Bertz CT molecular complexity index is 346. The fourth-order valence-corrected chi connectivity index (χ4v) is 2.26. The van der Waals surface area contributed by atoms with E-state index >= 15 is 0 Å². The van der Waals surface area contributed by atoms with Crippen LogP contribution in [0, 0.1) is 0 Å². The summed E-state index contributed by atoms with van der Waals surface area (Å²) < 4.78 is 5.72. The molecule has 2 heterocycles. The molecular weight excluding hydrogens is 202 g/mol. The van der Waals surface area contributed by atoms with Gasteiger partial charge in [0.15, 0.2) is 0 Å². The Labute approximate surface area is 96.4 Å². The molecule has 0 aliphatic carbocycles. The van der Waals surface area contributed by atoms with Crippen LogP contribution in [0.25, 0.3) is 0 Å². The Hall–Kier alpha value is -1.13. The number of morpholine rings is 1. The number of aromatic nitrogens is 1. The molecule has 0 unspecified atom stereocenters. The number of anilines is 1. The van der Waals surface area contributed by atoms with Gasteiger partial charge in [0, 0.05) is 43.3 Å². The van der Waals surface area contributed by atoms with Crippen LogP contribution >= 0.6 is 0 Å². The van der Waals surface area contributed by atoms with Crippen molar-refractivity contribution in [3.05, 3.63) is 24.0 Å². The van der Waals surface area contributed by atoms with Crippen LogP contribution in [0.3, 0.4) is 0 Å². The highest BCUT2D eigenvalue weighted by atomic mass is 16.5. The summed E-state index contributed by atoms with van der Waals surface area (Å²) in [6, 6.07) is 2.03. The van der Waals surface area contributed by atoms with Crippen LogP contribution in [0.4, 0.5) is 5.69 Å². The lowest BCUT2D eigenvalue weighted by Gasteiger charge is -2.37. The molecule has 0 saturated carbocycles. The molecule has 0 bridgehead atoms. The van der Waals surface area contributed by atoms with Crippen LogP contribution in [0.5, 0.6) is 0 Å². The number of nitrogens with zero attached hydrogens (tertiary/aromatic N) is 2. The zero-order valence-electron chi connectivity index (χ0n) is 9.89. The highest BCUT2D eigenvalue weighted by Gasteiger charge is 2.23. The topological polar surface area (TPSA) is 51.4 Å². The number of rotatable bonds is 2. The lowest BCUT2D eigenvalue weighted by molar-refractivity contribution is -0.00526. The Balaban J connectivity index is 2.22. The summed E-state index contributed by atoms with van der Waals surface area (Å²) in [5.41, 5.74) is 8.02. The maximum atomic E-state index is 5.73. The van der Waals surface area contributed by atoms with Gasteiger partial charge in [-0.15, -0.1) is 0 Å². The standard InChI is InChI=1S/C12H19N3O/c1-9-7-15(8-10(2)16-9)12-3-4-14-6-11(12)5-13/h3-4,6,9-10H,5,7-8,13H2,1-2H3/t9-,10+. The van der Waals surface area contributed by atoms with Crippen molar-refractivity contribution in [3.8, 4) is 0 Å². The summed E-state index contributed by atoms with van der Waals surface area (Å²) in [7, 11) is 0. The number of hydrogen-bond acceptors (Lipinski definition) is 4. The average molecular weight is 221 g/mol. The van der Waals surface area contributed by atoms with Gasteiger partial charge in [-0.25, -0.2) is 0 Å². The van der Waals surface area contributed by atoms with Gasteiger partial charge in [0.1, 0.15) is 0 Å². The maximum Gasteiger partial charge on any atom is 0.0726 e. The summed E-state index contributed by atoms with van der Waals surface area (Å²) in [4.78, 5) is 6.45. The third-order valence-corrected chi connectivity index (χ3v) is 2.86. The molecule has 4 heteroatoms. The first-order valence-corrected chi connectivity index (χ1v) is 5.74. The van der Waals surface area contributed by atoms with Crippen molar-refractivity contribution in [2.75, 3.05) is 18.0 Å². The minimum Gasteiger partial charge on any atom is -0.372 e. The highest BCUT2D eigenvalue weighted by molar-refractivity contribution is 5.52. The Kier molecular flexibility index (Phi) is 3.41. The van der Waals surface area contributed by atoms with Gasteiger partial charge in [0.25, 0.3) is 0 Å². The van der Waals surface area contributed by atoms with Crippen molar-refractivity contribution in [1.29, 1.82) is 0 Å². The average Bonchev–Trinajstić information content (AvgIpc) is 2.27. The Morgan fingerprint density at radius 2 is 2.12 bits per heavy atom. The largest absolute Gasteiger partial charge is 0.372 e. The molecule has 0 spiro atoms. The van der Waals surface area contributed by atoms with E-state index in [-0.39, 0.29) is 12.2 Å². The summed E-state index contributed by atoms with van der Waals surface area (Å²) in [5, 5.41) is 0. The Morgan fingerprint density at radius 1 is 1.44 bits per heavy atom. The van der Waals surface area contributed by atoms with Gasteiger partial charge in [-0.3, -0.25) is 4.98 Å². The fraction of sp³-hybridized carbons (Fsp3) is 0.583. The van der Waals surface area contributed by atoms with Crippen molar-refractivity contribution < 1.29 is 4.74 Å². The predicted molar refractivity (Wildman–Crippen MR) is 64.4 cm³/mol. The first kappa shape index (κ1) is 11.4. The summed E-state index contributed by atoms with van der Waals surface area (Å²) >= 11 is 0. The van der Waals surface area contributed by atoms with Gasteiger partial charge in [-0.05, 0) is 19.9 Å². The molecule has 16 heavy (non-hydrogen) atoms. The minimum absolute atomic E-state index is 0.266. The fourth-order valence-electron chi connectivity index (χ4n) is 2.26. The molecule has 1 fully saturated rings. The number of ether oxygens (including phenoxy) is 1. The quantitative estimate of drug-likeness (QED) is 0.814. The lowest BCUT2D eigenvalue weighted by atomic mass is 10.1. The van der Waals surface area contributed by atoms with Crippen LogP contribution in [-0.2, 0) is 11.3 Å².